The lowest BCUT2D eigenvalue weighted by molar-refractivity contribution is -0.137. The second-order valence-electron chi connectivity index (χ2n) is 5.80. The van der Waals surface area contributed by atoms with Crippen molar-refractivity contribution in [3.05, 3.63) is 29.8 Å². The van der Waals surface area contributed by atoms with E-state index in [1.54, 1.807) is 0 Å². The van der Waals surface area contributed by atoms with Gasteiger partial charge in [0.1, 0.15) is 0 Å². The molecule has 5 heteroatoms. The van der Waals surface area contributed by atoms with Crippen molar-refractivity contribution in [2.75, 3.05) is 0 Å². The van der Waals surface area contributed by atoms with Crippen LogP contribution in [0, 0.1) is 0 Å². The Bertz CT molecular complexity index is 402. The topological polar surface area (TPSA) is 9.23 Å². The van der Waals surface area contributed by atoms with Crippen molar-refractivity contribution in [2.45, 2.75) is 45.6 Å². The lowest BCUT2D eigenvalue weighted by Gasteiger charge is -2.32. The Labute approximate surface area is 107 Å². The summed E-state index contributed by atoms with van der Waals surface area (Å²) in [5, 5.41) is 0.866. The number of halogens is 3. The molecule has 0 aliphatic heterocycles. The van der Waals surface area contributed by atoms with E-state index in [9.17, 15) is 13.2 Å². The zero-order valence-electron chi connectivity index (χ0n) is 11.4. The van der Waals surface area contributed by atoms with Crippen molar-refractivity contribution < 1.29 is 17.6 Å². The summed E-state index contributed by atoms with van der Waals surface area (Å²) >= 11 is 0. The van der Waals surface area contributed by atoms with Crippen LogP contribution in [0.15, 0.2) is 24.3 Å². The van der Waals surface area contributed by atoms with Crippen LogP contribution >= 0.6 is 0 Å². The largest absolute Gasteiger partial charge is 0.416 e. The molecule has 0 amide bonds. The monoisotopic (exact) mass is 276 g/mol. The Morgan fingerprint density at radius 1 is 0.944 bits per heavy atom. The SMILES string of the molecule is CC(C)(C)O[Si](C)(C)c1ccc(C(F)(F)F)cc1. The van der Waals surface area contributed by atoms with Crippen LogP contribution in [0.1, 0.15) is 26.3 Å². The van der Waals surface area contributed by atoms with Gasteiger partial charge in [0.2, 0.25) is 8.32 Å². The molecule has 0 N–H and O–H groups in total. The summed E-state index contributed by atoms with van der Waals surface area (Å²) in [6.45, 7) is 9.82. The molecule has 0 aliphatic carbocycles. The third kappa shape index (κ3) is 4.14. The number of alkyl halides is 3. The van der Waals surface area contributed by atoms with Gasteiger partial charge < -0.3 is 4.43 Å². The molecule has 1 nitrogen and oxygen atoms in total. The lowest BCUT2D eigenvalue weighted by Crippen LogP contribution is -2.49. The van der Waals surface area contributed by atoms with Crippen LogP contribution < -0.4 is 5.19 Å². The van der Waals surface area contributed by atoms with Crippen LogP contribution in [0.4, 0.5) is 13.2 Å². The normalized spacial score (nSPS) is 13.8. The molecule has 0 aliphatic rings. The van der Waals surface area contributed by atoms with E-state index >= 15 is 0 Å². The second-order valence-corrected chi connectivity index (χ2v) is 9.60. The van der Waals surface area contributed by atoms with Crippen molar-refractivity contribution in [1.82, 2.24) is 0 Å². The summed E-state index contributed by atoms with van der Waals surface area (Å²) in [6.07, 6.45) is -4.28. The van der Waals surface area contributed by atoms with E-state index in [0.717, 1.165) is 17.3 Å². The molecular formula is C13H19F3OSi. The highest BCUT2D eigenvalue weighted by Gasteiger charge is 2.33. The summed E-state index contributed by atoms with van der Waals surface area (Å²) in [7, 11) is -2.16. The quantitative estimate of drug-likeness (QED) is 0.744. The molecular weight excluding hydrogens is 257 g/mol. The molecule has 102 valence electrons. The fraction of sp³-hybridized carbons (Fsp3) is 0.538. The summed E-state index contributed by atoms with van der Waals surface area (Å²) in [6, 6.07) is 5.30. The Balaban J connectivity index is 2.98. The summed E-state index contributed by atoms with van der Waals surface area (Å²) < 4.78 is 43.4. The van der Waals surface area contributed by atoms with E-state index in [1.807, 2.05) is 33.9 Å². The molecule has 1 aromatic carbocycles. The van der Waals surface area contributed by atoms with Crippen LogP contribution in [0.5, 0.6) is 0 Å². The van der Waals surface area contributed by atoms with E-state index in [4.69, 9.17) is 4.43 Å². The van der Waals surface area contributed by atoms with E-state index in [0.29, 0.717) is 0 Å². The molecule has 0 aromatic heterocycles. The summed E-state index contributed by atoms with van der Waals surface area (Å²) in [5.41, 5.74) is -0.912. The van der Waals surface area contributed by atoms with Crippen molar-refractivity contribution in [3.63, 3.8) is 0 Å². The number of hydrogen-bond donors (Lipinski definition) is 0. The zero-order chi connectivity index (χ0) is 14.2. The first-order valence-electron chi connectivity index (χ1n) is 5.80. The van der Waals surface area contributed by atoms with Gasteiger partial charge in [0.15, 0.2) is 0 Å². The van der Waals surface area contributed by atoms with Gasteiger partial charge in [-0.15, -0.1) is 0 Å². The fourth-order valence-electron chi connectivity index (χ4n) is 1.88. The first kappa shape index (κ1) is 15.2. The maximum Gasteiger partial charge on any atom is 0.416 e. The maximum absolute atomic E-state index is 12.5. The zero-order valence-corrected chi connectivity index (χ0v) is 12.4. The molecule has 0 bridgehead atoms. The molecule has 0 fully saturated rings. The van der Waals surface area contributed by atoms with Gasteiger partial charge >= 0.3 is 6.18 Å². The Hall–Kier alpha value is -0.813. The van der Waals surface area contributed by atoms with Crippen molar-refractivity contribution in [3.8, 4) is 0 Å². The third-order valence-electron chi connectivity index (χ3n) is 2.47. The predicted octanol–water partition coefficient (Wildman–Crippen LogP) is 3.93. The first-order chi connectivity index (χ1) is 7.92. The highest BCUT2D eigenvalue weighted by atomic mass is 28.4. The molecule has 0 unspecified atom stereocenters. The van der Waals surface area contributed by atoms with Crippen LogP contribution in [0.25, 0.3) is 0 Å². The molecule has 0 spiro atoms. The van der Waals surface area contributed by atoms with E-state index in [2.05, 4.69) is 0 Å². The Morgan fingerprint density at radius 3 is 1.72 bits per heavy atom. The van der Waals surface area contributed by atoms with Gasteiger partial charge in [0, 0.05) is 5.60 Å². The smallest absolute Gasteiger partial charge is 0.408 e. The summed E-state index contributed by atoms with van der Waals surface area (Å²) in [4.78, 5) is 0. The van der Waals surface area contributed by atoms with Gasteiger partial charge in [-0.1, -0.05) is 24.3 Å². The van der Waals surface area contributed by atoms with Gasteiger partial charge in [0.05, 0.1) is 5.56 Å². The van der Waals surface area contributed by atoms with Crippen LogP contribution in [0.2, 0.25) is 13.1 Å². The number of hydrogen-bond acceptors (Lipinski definition) is 1. The highest BCUT2D eigenvalue weighted by molar-refractivity contribution is 6.84. The molecule has 0 saturated carbocycles. The minimum atomic E-state index is -4.28. The van der Waals surface area contributed by atoms with Crippen LogP contribution in [-0.2, 0) is 10.6 Å². The molecule has 0 radical (unpaired) electrons. The van der Waals surface area contributed by atoms with E-state index in [1.165, 1.54) is 12.1 Å². The standard InChI is InChI=1S/C13H19F3OSi/c1-12(2,3)17-18(4,5)11-8-6-10(7-9-11)13(14,15)16/h6-9H,1-5H3. The molecule has 0 atom stereocenters. The Morgan fingerprint density at radius 2 is 1.39 bits per heavy atom. The minimum absolute atomic E-state index is 0.293. The van der Waals surface area contributed by atoms with Gasteiger partial charge in [-0.05, 0) is 39.1 Å². The maximum atomic E-state index is 12.5. The van der Waals surface area contributed by atoms with Crippen molar-refractivity contribution in [1.29, 1.82) is 0 Å². The molecule has 0 heterocycles. The average Bonchev–Trinajstić information content (AvgIpc) is 2.13. The first-order valence-corrected chi connectivity index (χ1v) is 8.70. The molecule has 0 saturated heterocycles. The van der Waals surface area contributed by atoms with Crippen molar-refractivity contribution in [2.24, 2.45) is 0 Å². The third-order valence-corrected chi connectivity index (χ3v) is 5.32. The molecule has 1 rings (SSSR count). The van der Waals surface area contributed by atoms with Gasteiger partial charge in [-0.2, -0.15) is 13.2 Å². The minimum Gasteiger partial charge on any atom is -0.408 e. The number of rotatable bonds is 2. The Kier molecular flexibility index (Phi) is 3.98. The second kappa shape index (κ2) is 4.70. The van der Waals surface area contributed by atoms with E-state index < -0.39 is 20.1 Å². The van der Waals surface area contributed by atoms with Gasteiger partial charge in [-0.3, -0.25) is 0 Å². The molecule has 1 aromatic rings. The summed E-state index contributed by atoms with van der Waals surface area (Å²) in [5.74, 6) is 0. The lowest BCUT2D eigenvalue weighted by atomic mass is 10.2. The van der Waals surface area contributed by atoms with Crippen molar-refractivity contribution >= 4 is 13.5 Å². The molecule has 18 heavy (non-hydrogen) atoms. The van der Waals surface area contributed by atoms with E-state index in [-0.39, 0.29) is 5.60 Å². The van der Waals surface area contributed by atoms with Crippen LogP contribution in [-0.4, -0.2) is 13.9 Å². The predicted molar refractivity (Wildman–Crippen MR) is 69.4 cm³/mol. The number of benzene rings is 1. The fourth-order valence-corrected chi connectivity index (χ4v) is 4.50. The average molecular weight is 276 g/mol. The highest BCUT2D eigenvalue weighted by Crippen LogP contribution is 2.28. The van der Waals surface area contributed by atoms with Crippen LogP contribution in [0.3, 0.4) is 0 Å². The van der Waals surface area contributed by atoms with Gasteiger partial charge in [0.25, 0.3) is 0 Å². The van der Waals surface area contributed by atoms with Gasteiger partial charge in [-0.25, -0.2) is 0 Å².